The smallest absolute Gasteiger partial charge is 0.122 e. The lowest BCUT2D eigenvalue weighted by Gasteiger charge is -2.33. The molecule has 0 bridgehead atoms. The first-order chi connectivity index (χ1) is 7.33. The lowest BCUT2D eigenvalue weighted by Crippen LogP contribution is -2.25. The molecule has 0 unspecified atom stereocenters. The maximum atomic E-state index is 9.18. The fourth-order valence-electron chi connectivity index (χ4n) is 4.00. The van der Waals surface area contributed by atoms with Crippen LogP contribution in [0.3, 0.4) is 0 Å². The van der Waals surface area contributed by atoms with Crippen LogP contribution in [-0.4, -0.2) is 7.11 Å². The predicted molar refractivity (Wildman–Crippen MR) is 54.6 cm³/mol. The SMILES string of the molecule is COc1cccc2c1[C@@H]1C[C@@]3(C#N)[C@@H]1[C@@H]23. The number of nitrogens with zero attached hydrogens (tertiary/aromatic N) is 1. The van der Waals surface area contributed by atoms with Gasteiger partial charge in [-0.1, -0.05) is 12.1 Å². The number of ether oxygens (including phenoxy) is 1. The highest BCUT2D eigenvalue weighted by Gasteiger charge is 2.81. The second-order valence-electron chi connectivity index (χ2n) is 4.93. The van der Waals surface area contributed by atoms with E-state index < -0.39 is 0 Å². The zero-order valence-corrected chi connectivity index (χ0v) is 8.53. The molecule has 2 fully saturated rings. The maximum absolute atomic E-state index is 9.18. The van der Waals surface area contributed by atoms with Crippen molar-refractivity contribution in [1.29, 1.82) is 5.26 Å². The highest BCUT2D eigenvalue weighted by molar-refractivity contribution is 5.63. The maximum Gasteiger partial charge on any atom is 0.122 e. The largest absolute Gasteiger partial charge is 0.496 e. The molecule has 0 aromatic heterocycles. The van der Waals surface area contributed by atoms with Crippen molar-refractivity contribution < 1.29 is 4.74 Å². The summed E-state index contributed by atoms with van der Waals surface area (Å²) in [6.45, 7) is 0. The summed E-state index contributed by atoms with van der Waals surface area (Å²) >= 11 is 0. The molecule has 3 aliphatic carbocycles. The van der Waals surface area contributed by atoms with Gasteiger partial charge in [-0.05, 0) is 29.9 Å². The van der Waals surface area contributed by atoms with Crippen LogP contribution >= 0.6 is 0 Å². The van der Waals surface area contributed by atoms with Crippen molar-refractivity contribution in [2.75, 3.05) is 7.11 Å². The van der Waals surface area contributed by atoms with E-state index in [1.165, 1.54) is 11.1 Å². The molecule has 0 radical (unpaired) electrons. The zero-order chi connectivity index (χ0) is 10.2. The monoisotopic (exact) mass is 197 g/mol. The fourth-order valence-corrected chi connectivity index (χ4v) is 4.00. The Balaban J connectivity index is 1.92. The number of benzene rings is 1. The van der Waals surface area contributed by atoms with Gasteiger partial charge in [0.15, 0.2) is 0 Å². The summed E-state index contributed by atoms with van der Waals surface area (Å²) in [6.07, 6.45) is 1.06. The summed E-state index contributed by atoms with van der Waals surface area (Å²) in [6, 6.07) is 8.78. The van der Waals surface area contributed by atoms with E-state index in [2.05, 4.69) is 12.1 Å². The number of fused-ring (bicyclic) bond motifs is 4. The summed E-state index contributed by atoms with van der Waals surface area (Å²) in [5, 5.41) is 9.18. The molecule has 0 saturated heterocycles. The summed E-state index contributed by atoms with van der Waals surface area (Å²) < 4.78 is 5.40. The van der Waals surface area contributed by atoms with Gasteiger partial charge in [0, 0.05) is 11.5 Å². The molecule has 2 heteroatoms. The Morgan fingerprint density at radius 1 is 1.53 bits per heavy atom. The molecule has 2 nitrogen and oxygen atoms in total. The summed E-state index contributed by atoms with van der Waals surface area (Å²) in [7, 11) is 1.73. The average Bonchev–Trinajstić information content (AvgIpc) is 2.66. The topological polar surface area (TPSA) is 33.0 Å². The quantitative estimate of drug-likeness (QED) is 0.692. The molecule has 4 atom stereocenters. The van der Waals surface area contributed by atoms with E-state index in [0.29, 0.717) is 17.8 Å². The Morgan fingerprint density at radius 3 is 3.13 bits per heavy atom. The molecule has 15 heavy (non-hydrogen) atoms. The molecule has 74 valence electrons. The minimum atomic E-state index is 0.0318. The van der Waals surface area contributed by atoms with Crippen LogP contribution in [0.4, 0.5) is 0 Å². The molecule has 0 N–H and O–H groups in total. The van der Waals surface area contributed by atoms with Crippen LogP contribution in [0.25, 0.3) is 0 Å². The number of nitriles is 1. The Bertz CT molecular complexity index is 516. The van der Waals surface area contributed by atoms with Gasteiger partial charge in [0.1, 0.15) is 5.75 Å². The summed E-state index contributed by atoms with van der Waals surface area (Å²) in [5.74, 6) is 2.78. The van der Waals surface area contributed by atoms with E-state index >= 15 is 0 Å². The van der Waals surface area contributed by atoms with E-state index in [1.54, 1.807) is 7.11 Å². The van der Waals surface area contributed by atoms with Crippen LogP contribution < -0.4 is 4.74 Å². The van der Waals surface area contributed by atoms with Crippen molar-refractivity contribution in [2.24, 2.45) is 11.3 Å². The van der Waals surface area contributed by atoms with Gasteiger partial charge in [-0.25, -0.2) is 0 Å². The molecular formula is C13H11NO. The van der Waals surface area contributed by atoms with Crippen molar-refractivity contribution >= 4 is 0 Å². The van der Waals surface area contributed by atoms with Gasteiger partial charge in [-0.2, -0.15) is 5.26 Å². The van der Waals surface area contributed by atoms with Gasteiger partial charge in [-0.3, -0.25) is 0 Å². The van der Waals surface area contributed by atoms with Crippen LogP contribution in [0, 0.1) is 22.7 Å². The molecule has 0 aliphatic heterocycles. The third-order valence-electron chi connectivity index (χ3n) is 4.62. The first kappa shape index (κ1) is 7.76. The standard InChI is InChI=1S/C13H11NO/c1-15-9-4-2-3-7-10(9)8-5-13(6-14)11(7)12(8)13/h2-4,8,11-12H,5H2,1H3/t8-,11+,12-,13-/m0/s1. The molecule has 0 spiro atoms. The minimum Gasteiger partial charge on any atom is -0.496 e. The second-order valence-corrected chi connectivity index (χ2v) is 4.93. The molecule has 2 saturated carbocycles. The lowest BCUT2D eigenvalue weighted by molar-refractivity contribution is 0.298. The first-order valence-electron chi connectivity index (χ1n) is 5.41. The zero-order valence-electron chi connectivity index (χ0n) is 8.53. The summed E-state index contributed by atoms with van der Waals surface area (Å²) in [5.41, 5.74) is 2.81. The molecule has 1 aromatic carbocycles. The first-order valence-corrected chi connectivity index (χ1v) is 5.41. The molecule has 4 rings (SSSR count). The van der Waals surface area contributed by atoms with Crippen LogP contribution in [0.5, 0.6) is 5.75 Å². The van der Waals surface area contributed by atoms with E-state index in [1.807, 2.05) is 12.1 Å². The lowest BCUT2D eigenvalue weighted by atomic mass is 9.69. The second kappa shape index (κ2) is 2.04. The fraction of sp³-hybridized carbons (Fsp3) is 0.462. The number of hydrogen-bond donors (Lipinski definition) is 0. The van der Waals surface area contributed by atoms with Gasteiger partial charge in [-0.15, -0.1) is 0 Å². The van der Waals surface area contributed by atoms with Gasteiger partial charge in [0.2, 0.25) is 0 Å². The molecule has 0 heterocycles. The Labute approximate surface area is 88.5 Å². The molecule has 0 amide bonds. The van der Waals surface area contributed by atoms with E-state index in [-0.39, 0.29) is 5.41 Å². The Hall–Kier alpha value is -1.49. The summed E-state index contributed by atoms with van der Waals surface area (Å²) in [4.78, 5) is 0. The van der Waals surface area contributed by atoms with Crippen molar-refractivity contribution in [3.63, 3.8) is 0 Å². The van der Waals surface area contributed by atoms with Crippen molar-refractivity contribution in [3.05, 3.63) is 29.3 Å². The van der Waals surface area contributed by atoms with E-state index in [4.69, 9.17) is 4.74 Å². The number of methoxy groups -OCH3 is 1. The van der Waals surface area contributed by atoms with Crippen molar-refractivity contribution in [3.8, 4) is 11.8 Å². The van der Waals surface area contributed by atoms with Gasteiger partial charge >= 0.3 is 0 Å². The minimum absolute atomic E-state index is 0.0318. The van der Waals surface area contributed by atoms with Crippen molar-refractivity contribution in [1.82, 2.24) is 0 Å². The van der Waals surface area contributed by atoms with Gasteiger partial charge in [0.05, 0.1) is 18.6 Å². The number of rotatable bonds is 1. The van der Waals surface area contributed by atoms with Crippen molar-refractivity contribution in [2.45, 2.75) is 18.3 Å². The highest BCUT2D eigenvalue weighted by atomic mass is 16.5. The van der Waals surface area contributed by atoms with E-state index in [0.717, 1.165) is 12.2 Å². The molecule has 3 aliphatic rings. The van der Waals surface area contributed by atoms with Crippen LogP contribution in [-0.2, 0) is 0 Å². The Morgan fingerprint density at radius 2 is 2.40 bits per heavy atom. The third kappa shape index (κ3) is 0.587. The van der Waals surface area contributed by atoms with Gasteiger partial charge in [0.25, 0.3) is 0 Å². The predicted octanol–water partition coefficient (Wildman–Crippen LogP) is 2.42. The van der Waals surface area contributed by atoms with Crippen LogP contribution in [0.15, 0.2) is 18.2 Å². The van der Waals surface area contributed by atoms with E-state index in [9.17, 15) is 5.26 Å². The van der Waals surface area contributed by atoms with Crippen LogP contribution in [0.1, 0.15) is 29.4 Å². The van der Waals surface area contributed by atoms with Gasteiger partial charge < -0.3 is 4.74 Å². The average molecular weight is 197 g/mol. The Kier molecular flexibility index (Phi) is 1.05. The normalized spacial score (nSPS) is 42.3. The number of hydrogen-bond acceptors (Lipinski definition) is 2. The molecule has 1 aromatic rings. The highest BCUT2D eigenvalue weighted by Crippen LogP contribution is 2.87. The van der Waals surface area contributed by atoms with Crippen LogP contribution in [0.2, 0.25) is 0 Å². The third-order valence-corrected chi connectivity index (χ3v) is 4.62. The molecular weight excluding hydrogens is 186 g/mol.